The lowest BCUT2D eigenvalue weighted by Crippen LogP contribution is -1.99. The zero-order valence-electron chi connectivity index (χ0n) is 26.7. The largest absolute Gasteiger partial charge is 0.309 e. The van der Waals surface area contributed by atoms with Gasteiger partial charge in [0, 0.05) is 38.4 Å². The Kier molecular flexibility index (Phi) is 6.56. The number of aromatic nitrogens is 2. The van der Waals surface area contributed by atoms with Crippen molar-refractivity contribution in [2.45, 2.75) is 0 Å². The maximum absolute atomic E-state index is 10.6. The monoisotopic (exact) mass is 635 g/mol. The molecule has 230 valence electrons. The van der Waals surface area contributed by atoms with E-state index in [0.717, 1.165) is 77.2 Å². The van der Waals surface area contributed by atoms with Crippen molar-refractivity contribution < 1.29 is 0 Å². The molecule has 2 aromatic heterocycles. The van der Waals surface area contributed by atoms with Crippen LogP contribution in [0.5, 0.6) is 0 Å². The third kappa shape index (κ3) is 4.24. The molecule has 5 heteroatoms. The molecule has 7 aromatic carbocycles. The minimum absolute atomic E-state index is 0.552. The van der Waals surface area contributed by atoms with Crippen LogP contribution < -0.4 is 0 Å². The van der Waals surface area contributed by atoms with Crippen LogP contribution in [0.15, 0.2) is 152 Å². The second kappa shape index (κ2) is 11.4. The Balaban J connectivity index is 1.25. The summed E-state index contributed by atoms with van der Waals surface area (Å²) in [7, 11) is 0. The highest BCUT2D eigenvalue weighted by molar-refractivity contribution is 6.12. The predicted molar refractivity (Wildman–Crippen MR) is 200 cm³/mol. The quantitative estimate of drug-likeness (QED) is 0.193. The molecule has 50 heavy (non-hydrogen) atoms. The molecule has 9 aromatic rings. The summed E-state index contributed by atoms with van der Waals surface area (Å²) >= 11 is 0. The molecule has 0 saturated carbocycles. The van der Waals surface area contributed by atoms with Crippen LogP contribution in [0.25, 0.3) is 77.2 Å². The lowest BCUT2D eigenvalue weighted by molar-refractivity contribution is 1.18. The molecular weight excluding hydrogens is 611 g/mol. The van der Waals surface area contributed by atoms with Crippen LogP contribution in [0.2, 0.25) is 0 Å². The number of para-hydroxylation sites is 3. The van der Waals surface area contributed by atoms with Crippen LogP contribution in [0, 0.1) is 34.0 Å². The highest BCUT2D eigenvalue weighted by Gasteiger charge is 2.20. The molecule has 0 amide bonds. The first-order valence-electron chi connectivity index (χ1n) is 16.3. The Bertz CT molecular complexity index is 2970. The third-order valence-electron chi connectivity index (χ3n) is 9.65. The van der Waals surface area contributed by atoms with Crippen molar-refractivity contribution >= 4 is 43.6 Å². The van der Waals surface area contributed by atoms with Crippen molar-refractivity contribution in [2.24, 2.45) is 0 Å². The van der Waals surface area contributed by atoms with E-state index in [0.29, 0.717) is 16.7 Å². The summed E-state index contributed by atoms with van der Waals surface area (Å²) < 4.78 is 4.40. The van der Waals surface area contributed by atoms with E-state index in [9.17, 15) is 15.8 Å². The molecule has 0 bridgehead atoms. The van der Waals surface area contributed by atoms with Crippen molar-refractivity contribution in [1.82, 2.24) is 9.13 Å². The summed E-state index contributed by atoms with van der Waals surface area (Å²) in [6, 6.07) is 57.8. The summed E-state index contributed by atoms with van der Waals surface area (Å²) in [6.07, 6.45) is 0. The Morgan fingerprint density at radius 1 is 0.380 bits per heavy atom. The van der Waals surface area contributed by atoms with Gasteiger partial charge in [-0.15, -0.1) is 0 Å². The van der Waals surface area contributed by atoms with Gasteiger partial charge in [-0.25, -0.2) is 0 Å². The van der Waals surface area contributed by atoms with Gasteiger partial charge in [-0.1, -0.05) is 91.0 Å². The summed E-state index contributed by atoms with van der Waals surface area (Å²) in [5.74, 6) is 0. The summed E-state index contributed by atoms with van der Waals surface area (Å²) in [5.41, 5.74) is 11.4. The van der Waals surface area contributed by atoms with E-state index in [4.69, 9.17) is 0 Å². The fraction of sp³-hybridized carbons (Fsp3) is 0. The summed E-state index contributed by atoms with van der Waals surface area (Å²) in [6.45, 7) is 0. The molecule has 0 aliphatic heterocycles. The van der Waals surface area contributed by atoms with Gasteiger partial charge in [0.15, 0.2) is 0 Å². The van der Waals surface area contributed by atoms with Crippen molar-refractivity contribution in [2.75, 3.05) is 0 Å². The Hall–Kier alpha value is -7.39. The van der Waals surface area contributed by atoms with Gasteiger partial charge < -0.3 is 9.13 Å². The van der Waals surface area contributed by atoms with Gasteiger partial charge in [0.25, 0.3) is 0 Å². The van der Waals surface area contributed by atoms with Crippen molar-refractivity contribution in [3.05, 3.63) is 168 Å². The van der Waals surface area contributed by atoms with E-state index >= 15 is 0 Å². The first kappa shape index (κ1) is 28.8. The number of rotatable bonds is 4. The standard InChI is InChI=1S/C45H25N5/c46-26-29-20-23-43-39(24-29)37-14-4-7-17-41(37)50(43)40-16-6-3-13-36(40)35-12-2-1-11-34(35)33-22-21-32(25-31(33)28-48)49-42-18-8-5-15-38(42)45-30(27-47)10-9-19-44(45)49/h1-25H. The molecule has 0 aliphatic rings. The number of nitrogens with zero attached hydrogens (tertiary/aromatic N) is 5. The number of hydrogen-bond donors (Lipinski definition) is 0. The van der Waals surface area contributed by atoms with Gasteiger partial charge in [0.1, 0.15) is 0 Å². The first-order valence-corrected chi connectivity index (χ1v) is 16.3. The van der Waals surface area contributed by atoms with E-state index in [1.807, 2.05) is 103 Å². The highest BCUT2D eigenvalue weighted by atomic mass is 15.0. The normalized spacial score (nSPS) is 11.1. The fourth-order valence-corrected chi connectivity index (χ4v) is 7.54. The van der Waals surface area contributed by atoms with Gasteiger partial charge in [0.2, 0.25) is 0 Å². The number of benzene rings is 7. The number of hydrogen-bond acceptors (Lipinski definition) is 3. The van der Waals surface area contributed by atoms with Crippen LogP contribution in [0.4, 0.5) is 0 Å². The fourth-order valence-electron chi connectivity index (χ4n) is 7.54. The first-order chi connectivity index (χ1) is 24.7. The lowest BCUT2D eigenvalue weighted by Gasteiger charge is -2.18. The van der Waals surface area contributed by atoms with E-state index < -0.39 is 0 Å². The van der Waals surface area contributed by atoms with Crippen molar-refractivity contribution in [3.63, 3.8) is 0 Å². The van der Waals surface area contributed by atoms with Gasteiger partial charge in [-0.05, 0) is 71.8 Å². The van der Waals surface area contributed by atoms with E-state index in [-0.39, 0.29) is 0 Å². The van der Waals surface area contributed by atoms with E-state index in [2.05, 4.69) is 75.9 Å². The second-order valence-electron chi connectivity index (χ2n) is 12.3. The molecule has 0 N–H and O–H groups in total. The molecule has 0 spiro atoms. The van der Waals surface area contributed by atoms with Gasteiger partial charge >= 0.3 is 0 Å². The Labute approximate surface area is 287 Å². The zero-order valence-corrected chi connectivity index (χ0v) is 26.7. The lowest BCUT2D eigenvalue weighted by atomic mass is 9.91. The van der Waals surface area contributed by atoms with Gasteiger partial charge in [0.05, 0.1) is 62.7 Å². The minimum Gasteiger partial charge on any atom is -0.309 e. The molecule has 0 aliphatic carbocycles. The SMILES string of the molecule is N#Cc1ccc2c(c1)c1ccccc1n2-c1ccccc1-c1ccccc1-c1ccc(-n2c3ccccc3c3c(C#N)cccc32)cc1C#N. The Morgan fingerprint density at radius 2 is 1.00 bits per heavy atom. The van der Waals surface area contributed by atoms with Gasteiger partial charge in [-0.3, -0.25) is 0 Å². The maximum atomic E-state index is 10.6. The maximum Gasteiger partial charge on any atom is 0.0998 e. The molecule has 5 nitrogen and oxygen atoms in total. The van der Waals surface area contributed by atoms with Crippen molar-refractivity contribution in [1.29, 1.82) is 15.8 Å². The average molecular weight is 636 g/mol. The molecule has 0 unspecified atom stereocenters. The number of fused-ring (bicyclic) bond motifs is 6. The molecule has 0 atom stereocenters. The minimum atomic E-state index is 0.552. The Morgan fingerprint density at radius 3 is 1.76 bits per heavy atom. The average Bonchev–Trinajstić information content (AvgIpc) is 3.70. The highest BCUT2D eigenvalue weighted by Crippen LogP contribution is 2.41. The van der Waals surface area contributed by atoms with Crippen LogP contribution >= 0.6 is 0 Å². The topological polar surface area (TPSA) is 81.2 Å². The van der Waals surface area contributed by atoms with Crippen LogP contribution in [-0.4, -0.2) is 9.13 Å². The molecule has 2 heterocycles. The van der Waals surface area contributed by atoms with Crippen LogP contribution in [0.3, 0.4) is 0 Å². The van der Waals surface area contributed by atoms with Crippen molar-refractivity contribution in [3.8, 4) is 51.8 Å². The van der Waals surface area contributed by atoms with E-state index in [1.165, 1.54) is 0 Å². The summed E-state index contributed by atoms with van der Waals surface area (Å²) in [5, 5.41) is 34.2. The zero-order chi connectivity index (χ0) is 33.8. The summed E-state index contributed by atoms with van der Waals surface area (Å²) in [4.78, 5) is 0. The van der Waals surface area contributed by atoms with Crippen LogP contribution in [0.1, 0.15) is 16.7 Å². The van der Waals surface area contributed by atoms with Gasteiger partial charge in [-0.2, -0.15) is 15.8 Å². The predicted octanol–water partition coefficient (Wildman–Crippen LogP) is 10.8. The smallest absolute Gasteiger partial charge is 0.0998 e. The number of nitriles is 3. The molecule has 0 fully saturated rings. The third-order valence-corrected chi connectivity index (χ3v) is 9.65. The van der Waals surface area contributed by atoms with E-state index in [1.54, 1.807) is 0 Å². The molecule has 0 radical (unpaired) electrons. The van der Waals surface area contributed by atoms with Crippen LogP contribution in [-0.2, 0) is 0 Å². The molecule has 0 saturated heterocycles. The second-order valence-corrected chi connectivity index (χ2v) is 12.3. The molecule has 9 rings (SSSR count). The molecular formula is C45H25N5.